The summed E-state index contributed by atoms with van der Waals surface area (Å²) in [6.07, 6.45) is 7.56. The van der Waals surface area contributed by atoms with E-state index in [1.54, 1.807) is 0 Å². The standard InChI is InChI=1S/C22H31N3O2/c26-21(25-15-7-9-18-8-2-3-11-20(18)25)17-23-12-6-10-19(16-23)22(27)24-13-4-1-5-14-24/h2-3,8,11,19H,1,4-7,9-10,12-17H2. The number of anilines is 1. The third-order valence-electron chi connectivity index (χ3n) is 6.29. The second-order valence-corrected chi connectivity index (χ2v) is 8.24. The highest BCUT2D eigenvalue weighted by Crippen LogP contribution is 2.27. The van der Waals surface area contributed by atoms with E-state index < -0.39 is 0 Å². The number of likely N-dealkylation sites (tertiary alicyclic amines) is 2. The second-order valence-electron chi connectivity index (χ2n) is 8.24. The van der Waals surface area contributed by atoms with E-state index in [1.165, 1.54) is 12.0 Å². The summed E-state index contributed by atoms with van der Waals surface area (Å²) in [4.78, 5) is 32.1. The zero-order chi connectivity index (χ0) is 18.6. The van der Waals surface area contributed by atoms with Gasteiger partial charge in [0.2, 0.25) is 11.8 Å². The zero-order valence-electron chi connectivity index (χ0n) is 16.2. The summed E-state index contributed by atoms with van der Waals surface area (Å²) in [5.41, 5.74) is 2.35. The summed E-state index contributed by atoms with van der Waals surface area (Å²) >= 11 is 0. The predicted molar refractivity (Wildman–Crippen MR) is 107 cm³/mol. The van der Waals surface area contributed by atoms with Crippen LogP contribution in [0.4, 0.5) is 5.69 Å². The minimum absolute atomic E-state index is 0.0679. The number of carbonyl (C=O) groups is 2. The van der Waals surface area contributed by atoms with Crippen molar-refractivity contribution in [3.63, 3.8) is 0 Å². The van der Waals surface area contributed by atoms with Crippen molar-refractivity contribution in [3.8, 4) is 0 Å². The Morgan fingerprint density at radius 3 is 2.59 bits per heavy atom. The minimum Gasteiger partial charge on any atom is -0.342 e. The molecular formula is C22H31N3O2. The van der Waals surface area contributed by atoms with Gasteiger partial charge in [-0.1, -0.05) is 18.2 Å². The maximum atomic E-state index is 13.0. The molecule has 0 aromatic heterocycles. The summed E-state index contributed by atoms with van der Waals surface area (Å²) in [5.74, 6) is 0.557. The molecule has 0 spiro atoms. The van der Waals surface area contributed by atoms with Crippen molar-refractivity contribution < 1.29 is 9.59 Å². The molecule has 0 aliphatic carbocycles. The summed E-state index contributed by atoms with van der Waals surface area (Å²) in [6.45, 7) is 4.72. The molecule has 0 saturated carbocycles. The number of benzene rings is 1. The van der Waals surface area contributed by atoms with Gasteiger partial charge in [0.1, 0.15) is 0 Å². The smallest absolute Gasteiger partial charge is 0.241 e. The van der Waals surface area contributed by atoms with Crippen LogP contribution < -0.4 is 4.90 Å². The summed E-state index contributed by atoms with van der Waals surface area (Å²) in [5, 5.41) is 0. The van der Waals surface area contributed by atoms with E-state index in [-0.39, 0.29) is 11.8 Å². The molecule has 27 heavy (non-hydrogen) atoms. The molecule has 146 valence electrons. The minimum atomic E-state index is 0.0679. The molecule has 3 heterocycles. The number of aryl methyl sites for hydroxylation is 1. The number of rotatable bonds is 3. The lowest BCUT2D eigenvalue weighted by atomic mass is 9.95. The first kappa shape index (κ1) is 18.5. The van der Waals surface area contributed by atoms with Gasteiger partial charge in [-0.3, -0.25) is 14.5 Å². The van der Waals surface area contributed by atoms with Gasteiger partial charge in [-0.25, -0.2) is 0 Å². The van der Waals surface area contributed by atoms with E-state index in [0.717, 1.165) is 76.9 Å². The number of hydrogen-bond donors (Lipinski definition) is 0. The molecule has 2 fully saturated rings. The molecule has 0 radical (unpaired) electrons. The lowest BCUT2D eigenvalue weighted by Gasteiger charge is -2.37. The summed E-state index contributed by atoms with van der Waals surface area (Å²) in [6, 6.07) is 8.25. The molecule has 1 atom stereocenters. The van der Waals surface area contributed by atoms with Gasteiger partial charge >= 0.3 is 0 Å². The molecular weight excluding hydrogens is 338 g/mol. The van der Waals surface area contributed by atoms with Crippen LogP contribution in [0.3, 0.4) is 0 Å². The number of carbonyl (C=O) groups excluding carboxylic acids is 2. The maximum absolute atomic E-state index is 13.0. The Hall–Kier alpha value is -1.88. The maximum Gasteiger partial charge on any atom is 0.241 e. The van der Waals surface area contributed by atoms with E-state index in [9.17, 15) is 9.59 Å². The molecule has 1 aromatic rings. The molecule has 1 aromatic carbocycles. The van der Waals surface area contributed by atoms with Gasteiger partial charge in [-0.05, 0) is 63.1 Å². The third kappa shape index (κ3) is 4.18. The Labute approximate surface area is 162 Å². The van der Waals surface area contributed by atoms with E-state index in [2.05, 4.69) is 21.9 Å². The first-order valence-corrected chi connectivity index (χ1v) is 10.6. The van der Waals surface area contributed by atoms with Crippen LogP contribution in [0.5, 0.6) is 0 Å². The Balaban J connectivity index is 1.37. The molecule has 5 nitrogen and oxygen atoms in total. The van der Waals surface area contributed by atoms with Crippen LogP contribution in [-0.2, 0) is 16.0 Å². The molecule has 2 saturated heterocycles. The predicted octanol–water partition coefficient (Wildman–Crippen LogP) is 2.69. The summed E-state index contributed by atoms with van der Waals surface area (Å²) in [7, 11) is 0. The second kappa shape index (κ2) is 8.42. The fourth-order valence-corrected chi connectivity index (χ4v) is 4.84. The fraction of sp³-hybridized carbons (Fsp3) is 0.636. The molecule has 3 aliphatic heterocycles. The highest BCUT2D eigenvalue weighted by Gasteiger charge is 2.31. The number of nitrogens with zero attached hydrogens (tertiary/aromatic N) is 3. The van der Waals surface area contributed by atoms with Gasteiger partial charge < -0.3 is 9.80 Å². The van der Waals surface area contributed by atoms with Crippen LogP contribution in [0, 0.1) is 5.92 Å². The van der Waals surface area contributed by atoms with Crippen molar-refractivity contribution in [1.82, 2.24) is 9.80 Å². The van der Waals surface area contributed by atoms with Crippen LogP contribution in [0.15, 0.2) is 24.3 Å². The third-order valence-corrected chi connectivity index (χ3v) is 6.29. The van der Waals surface area contributed by atoms with Crippen molar-refractivity contribution in [3.05, 3.63) is 29.8 Å². The lowest BCUT2D eigenvalue weighted by Crippen LogP contribution is -2.49. The van der Waals surface area contributed by atoms with Crippen molar-refractivity contribution in [2.24, 2.45) is 5.92 Å². The van der Waals surface area contributed by atoms with Gasteiger partial charge in [0, 0.05) is 31.9 Å². The zero-order valence-corrected chi connectivity index (χ0v) is 16.2. The molecule has 0 N–H and O–H groups in total. The normalized spacial score (nSPS) is 23.8. The molecule has 5 heteroatoms. The molecule has 3 aliphatic rings. The molecule has 2 amide bonds. The van der Waals surface area contributed by atoms with Gasteiger partial charge in [-0.15, -0.1) is 0 Å². The Morgan fingerprint density at radius 1 is 0.926 bits per heavy atom. The first-order valence-electron chi connectivity index (χ1n) is 10.6. The van der Waals surface area contributed by atoms with Crippen molar-refractivity contribution >= 4 is 17.5 Å². The van der Waals surface area contributed by atoms with Crippen LogP contribution in [0.2, 0.25) is 0 Å². The lowest BCUT2D eigenvalue weighted by molar-refractivity contribution is -0.139. The van der Waals surface area contributed by atoms with Crippen molar-refractivity contribution in [2.45, 2.75) is 44.9 Å². The SMILES string of the molecule is O=C(C1CCCN(CC(=O)N2CCCc3ccccc32)C1)N1CCCCC1. The quantitative estimate of drug-likeness (QED) is 0.823. The van der Waals surface area contributed by atoms with E-state index in [0.29, 0.717) is 12.5 Å². The highest BCUT2D eigenvalue weighted by atomic mass is 16.2. The Bertz CT molecular complexity index is 684. The van der Waals surface area contributed by atoms with Crippen LogP contribution in [0.25, 0.3) is 0 Å². The van der Waals surface area contributed by atoms with Crippen molar-refractivity contribution in [2.75, 3.05) is 44.2 Å². The largest absolute Gasteiger partial charge is 0.342 e. The molecule has 1 unspecified atom stereocenters. The van der Waals surface area contributed by atoms with E-state index >= 15 is 0 Å². The van der Waals surface area contributed by atoms with Crippen LogP contribution >= 0.6 is 0 Å². The summed E-state index contributed by atoms with van der Waals surface area (Å²) < 4.78 is 0. The molecule has 4 rings (SSSR count). The highest BCUT2D eigenvalue weighted by molar-refractivity contribution is 5.96. The number of hydrogen-bond acceptors (Lipinski definition) is 3. The molecule has 0 bridgehead atoms. The van der Waals surface area contributed by atoms with Crippen molar-refractivity contribution in [1.29, 1.82) is 0 Å². The van der Waals surface area contributed by atoms with Crippen LogP contribution in [0.1, 0.15) is 44.1 Å². The topological polar surface area (TPSA) is 43.9 Å². The fourth-order valence-electron chi connectivity index (χ4n) is 4.84. The average molecular weight is 370 g/mol. The number of fused-ring (bicyclic) bond motifs is 1. The number of amides is 2. The number of piperidine rings is 2. The van der Waals surface area contributed by atoms with Crippen LogP contribution in [-0.4, -0.2) is 60.9 Å². The van der Waals surface area contributed by atoms with Gasteiger partial charge in [0.25, 0.3) is 0 Å². The van der Waals surface area contributed by atoms with Gasteiger partial charge in [-0.2, -0.15) is 0 Å². The Morgan fingerprint density at radius 2 is 1.74 bits per heavy atom. The van der Waals surface area contributed by atoms with E-state index in [4.69, 9.17) is 0 Å². The number of para-hydroxylation sites is 1. The van der Waals surface area contributed by atoms with Gasteiger partial charge in [0.05, 0.1) is 12.5 Å². The van der Waals surface area contributed by atoms with Gasteiger partial charge in [0.15, 0.2) is 0 Å². The first-order chi connectivity index (χ1) is 13.2. The monoisotopic (exact) mass is 369 g/mol. The average Bonchev–Trinajstić information content (AvgIpc) is 2.73. The van der Waals surface area contributed by atoms with E-state index in [1.807, 2.05) is 17.0 Å². The Kier molecular flexibility index (Phi) is 5.77.